The topological polar surface area (TPSA) is 70.7 Å². The third kappa shape index (κ3) is 2.86. The molecule has 1 heterocycles. The molecular weight excluding hydrogens is 806 g/mol. The first-order chi connectivity index (χ1) is 10.2. The van der Waals surface area contributed by atoms with E-state index in [9.17, 15) is 4.79 Å². The van der Waals surface area contributed by atoms with Crippen LogP contribution in [0, 0.1) is 0 Å². The average Bonchev–Trinajstić information content (AvgIpc) is 2.54. The van der Waals surface area contributed by atoms with Crippen molar-refractivity contribution >= 4 is 11.0 Å². The van der Waals surface area contributed by atoms with Crippen LogP contribution < -0.4 is 5.43 Å². The van der Waals surface area contributed by atoms with E-state index in [1.165, 1.54) is 6.07 Å². The first-order valence-corrected chi connectivity index (χ1v) is 6.59. The number of aliphatic hydroxyl groups excluding tert-OH is 2. The Morgan fingerprint density at radius 2 is 1.43 bits per heavy atom. The Labute approximate surface area is 120 Å². The Kier molecular flexibility index (Phi) is 4.59. The molecule has 3 rings (SSSR count). The van der Waals surface area contributed by atoms with E-state index < -0.39 is 0 Å². The molecular formula is C17H14O4Sg2. The maximum atomic E-state index is 12.2. The largest absolute Gasteiger partial charge is 0.456 e. The molecule has 3 aromatic rings. The van der Waals surface area contributed by atoms with Gasteiger partial charge in [0.05, 0.1) is 18.6 Å². The molecule has 0 radical (unpaired) electrons. The van der Waals surface area contributed by atoms with E-state index in [2.05, 4.69) is 0 Å². The number of fused-ring (bicyclic) bond motifs is 1. The van der Waals surface area contributed by atoms with Gasteiger partial charge in [0.2, 0.25) is 0 Å². The van der Waals surface area contributed by atoms with Crippen LogP contribution in [0.25, 0.3) is 22.3 Å². The van der Waals surface area contributed by atoms with Crippen molar-refractivity contribution in [2.75, 3.05) is 0 Å². The third-order valence-electron chi connectivity index (χ3n) is 3.40. The van der Waals surface area contributed by atoms with Crippen LogP contribution in [0.5, 0.6) is 0 Å². The van der Waals surface area contributed by atoms with Gasteiger partial charge in [0.25, 0.3) is 0 Å². The number of hydrogen-bond donors (Lipinski definition) is 2. The van der Waals surface area contributed by atoms with E-state index in [1.807, 2.05) is 0 Å². The SMILES string of the molecule is O=c1cc(-c2ccc(CO)cc2)oc2ccc(CO)cc12.[Sg].[Sg]. The van der Waals surface area contributed by atoms with Crippen LogP contribution in [0.2, 0.25) is 0 Å². The van der Waals surface area contributed by atoms with Crippen molar-refractivity contribution in [3.63, 3.8) is 0 Å². The molecule has 23 heavy (non-hydrogen) atoms. The van der Waals surface area contributed by atoms with Crippen molar-refractivity contribution in [1.82, 2.24) is 0 Å². The Morgan fingerprint density at radius 3 is 2.04 bits per heavy atom. The number of rotatable bonds is 3. The smallest absolute Gasteiger partial charge is 0.193 e. The van der Waals surface area contributed by atoms with E-state index >= 15 is 0 Å². The van der Waals surface area contributed by atoms with Crippen molar-refractivity contribution in [2.24, 2.45) is 0 Å². The minimum atomic E-state index is -0.146. The first kappa shape index (κ1) is 16.6. The van der Waals surface area contributed by atoms with Crippen LogP contribution in [0.3, 0.4) is 0 Å². The van der Waals surface area contributed by atoms with Crippen LogP contribution in [0.4, 0.5) is 0 Å². The molecule has 2 N–H and O–H groups in total. The monoisotopic (exact) mass is 824 g/mol. The summed E-state index contributed by atoms with van der Waals surface area (Å²) < 4.78 is 5.76. The van der Waals surface area contributed by atoms with Crippen LogP contribution in [-0.2, 0) is 13.2 Å². The predicted molar refractivity (Wildman–Crippen MR) is 79.8 cm³/mol. The van der Waals surface area contributed by atoms with Crippen LogP contribution >= 0.6 is 0 Å². The second-order valence-corrected chi connectivity index (χ2v) is 4.82. The molecule has 2 aromatic carbocycles. The Hall–Kier alpha value is -4.43. The van der Waals surface area contributed by atoms with Gasteiger partial charge >= 0.3 is 0 Å². The van der Waals surface area contributed by atoms with E-state index in [-0.39, 0.29) is 18.6 Å². The maximum absolute atomic E-state index is 12.2. The fourth-order valence-corrected chi connectivity index (χ4v) is 2.22. The molecule has 0 aliphatic carbocycles. The summed E-state index contributed by atoms with van der Waals surface area (Å²) in [6, 6.07) is 13.7. The molecule has 4 nitrogen and oxygen atoms in total. The van der Waals surface area contributed by atoms with E-state index in [1.54, 1.807) is 42.5 Å². The van der Waals surface area contributed by atoms with Gasteiger partial charge in [-0.25, -0.2) is 0 Å². The van der Waals surface area contributed by atoms with Crippen molar-refractivity contribution in [3.05, 3.63) is 69.9 Å². The third-order valence-corrected chi connectivity index (χ3v) is 3.40. The van der Waals surface area contributed by atoms with Gasteiger partial charge < -0.3 is 14.6 Å². The number of hydrogen-bond acceptors (Lipinski definition) is 4. The Balaban J connectivity index is 0.00000132. The summed E-state index contributed by atoms with van der Waals surface area (Å²) in [5.74, 6) is 0.480. The summed E-state index contributed by atoms with van der Waals surface area (Å²) in [7, 11) is 0. The van der Waals surface area contributed by atoms with Crippen molar-refractivity contribution in [1.29, 1.82) is 0 Å². The van der Waals surface area contributed by atoms with Gasteiger partial charge in [-0.05, 0) is 23.3 Å². The van der Waals surface area contributed by atoms with Crippen molar-refractivity contribution < 1.29 is 14.6 Å². The van der Waals surface area contributed by atoms with Gasteiger partial charge in [0, 0.05) is 11.6 Å². The molecule has 0 amide bonds. The van der Waals surface area contributed by atoms with E-state index in [4.69, 9.17) is 14.6 Å². The van der Waals surface area contributed by atoms with E-state index in [0.717, 1.165) is 11.1 Å². The Bertz CT molecular complexity index is 841. The molecule has 6 heteroatoms. The summed E-state index contributed by atoms with van der Waals surface area (Å²) in [5.41, 5.74) is 2.59. The quantitative estimate of drug-likeness (QED) is 0.427. The molecule has 0 atom stereocenters. The summed E-state index contributed by atoms with van der Waals surface area (Å²) in [4.78, 5) is 12.2. The number of benzene rings is 2. The molecule has 110 valence electrons. The van der Waals surface area contributed by atoms with Gasteiger partial charge in [-0.3, -0.25) is 4.79 Å². The number of aliphatic hydroxyl groups is 2. The molecule has 0 aliphatic rings. The molecule has 0 saturated carbocycles. The first-order valence-electron chi connectivity index (χ1n) is 6.59. The van der Waals surface area contributed by atoms with Gasteiger partial charge in [-0.2, -0.15) is 0 Å². The maximum Gasteiger partial charge on any atom is 0.193 e. The van der Waals surface area contributed by atoms with Gasteiger partial charge in [-0.15, -0.1) is 0 Å². The van der Waals surface area contributed by atoms with Crippen LogP contribution in [-0.4, -0.2) is 10.2 Å². The fourth-order valence-electron chi connectivity index (χ4n) is 2.22. The minimum absolute atomic E-state index is 0. The van der Waals surface area contributed by atoms with Crippen LogP contribution in [0.15, 0.2) is 57.7 Å². The zero-order valence-corrected chi connectivity index (χ0v) is 25.6. The minimum Gasteiger partial charge on any atom is -0.456 e. The summed E-state index contributed by atoms with van der Waals surface area (Å²) in [5, 5.41) is 18.6. The molecule has 0 fully saturated rings. The summed E-state index contributed by atoms with van der Waals surface area (Å²) in [6.07, 6.45) is 0. The zero-order valence-electron chi connectivity index (χ0n) is 12.7. The zero-order chi connectivity index (χ0) is 14.8. The fraction of sp³-hybridized carbons (Fsp3) is 0.118. The molecule has 0 unspecified atom stereocenters. The van der Waals surface area contributed by atoms with Crippen molar-refractivity contribution in [2.45, 2.75) is 13.2 Å². The second kappa shape index (κ2) is 6.35. The Morgan fingerprint density at radius 1 is 0.826 bits per heavy atom. The molecule has 0 aliphatic heterocycles. The standard InChI is InChI=1S/C17H14O4.2Sg/c18-9-11-1-4-13(5-2-11)17-8-15(20)14-7-12(10-19)3-6-16(14)21-17;;/h1-8,18-19H,9-10H2;;. The molecule has 1 aromatic heterocycles. The predicted octanol–water partition coefficient (Wildman–Crippen LogP) is 2.44. The normalized spacial score (nSPS) is 10.0. The summed E-state index contributed by atoms with van der Waals surface area (Å²) >= 11 is 0. The van der Waals surface area contributed by atoms with Crippen LogP contribution in [0.1, 0.15) is 11.1 Å². The van der Waals surface area contributed by atoms with Crippen molar-refractivity contribution in [3.8, 4) is 11.3 Å². The van der Waals surface area contributed by atoms with Gasteiger partial charge in [-0.1, -0.05) is 30.3 Å². The van der Waals surface area contributed by atoms with Gasteiger partial charge in [0.1, 0.15) is 11.3 Å². The second-order valence-electron chi connectivity index (χ2n) is 4.82. The average molecular weight is 820 g/mol. The summed E-state index contributed by atoms with van der Waals surface area (Å²) in [6.45, 7) is -0.133. The van der Waals surface area contributed by atoms with E-state index in [0.29, 0.717) is 22.3 Å². The molecule has 0 bridgehead atoms. The van der Waals surface area contributed by atoms with Gasteiger partial charge in [0.15, 0.2) is 5.43 Å². The molecule has 0 spiro atoms. The molecule has 0 saturated heterocycles.